The minimum Gasteiger partial charge on any atom is -0.483 e. The van der Waals surface area contributed by atoms with Crippen molar-refractivity contribution >= 4 is 28.7 Å². The summed E-state index contributed by atoms with van der Waals surface area (Å²) in [6, 6.07) is 9.25. The summed E-state index contributed by atoms with van der Waals surface area (Å²) in [4.78, 5) is 18.2. The Morgan fingerprint density at radius 1 is 1.11 bits per heavy atom. The van der Waals surface area contributed by atoms with E-state index < -0.39 is 5.91 Å². The summed E-state index contributed by atoms with van der Waals surface area (Å²) in [5.74, 6) is 0.685. The fourth-order valence-electron chi connectivity index (χ4n) is 2.66. The second-order valence-electron chi connectivity index (χ2n) is 5.91. The quantitative estimate of drug-likeness (QED) is 0.570. The molecule has 1 aromatic carbocycles. The Labute approximate surface area is 160 Å². The molecular formula is C17H18N8O3. The number of aromatic nitrogens is 5. The van der Waals surface area contributed by atoms with E-state index >= 15 is 0 Å². The monoisotopic (exact) mass is 382 g/mol. The molecule has 11 nitrogen and oxygen atoms in total. The number of hydrogen-bond donors (Lipinski definition) is 2. The van der Waals surface area contributed by atoms with Gasteiger partial charge in [0.15, 0.2) is 6.61 Å². The Balaban J connectivity index is 1.28. The van der Waals surface area contributed by atoms with E-state index in [4.69, 9.17) is 9.47 Å². The minimum atomic E-state index is -0.401. The number of para-hydroxylation sites is 1. The van der Waals surface area contributed by atoms with Crippen molar-refractivity contribution in [3.63, 3.8) is 0 Å². The maximum Gasteiger partial charge on any atom is 0.280 e. The first-order valence-corrected chi connectivity index (χ1v) is 8.71. The molecule has 0 radical (unpaired) electrons. The van der Waals surface area contributed by atoms with Crippen LogP contribution in [0, 0.1) is 0 Å². The van der Waals surface area contributed by atoms with Gasteiger partial charge in [-0.05, 0) is 18.2 Å². The predicted octanol–water partition coefficient (Wildman–Crippen LogP) is 0.173. The van der Waals surface area contributed by atoms with Crippen LogP contribution in [0.4, 0.5) is 11.9 Å². The van der Waals surface area contributed by atoms with Crippen LogP contribution >= 0.6 is 0 Å². The molecule has 1 aliphatic heterocycles. The number of amides is 1. The van der Waals surface area contributed by atoms with Gasteiger partial charge in [-0.25, -0.2) is 0 Å². The van der Waals surface area contributed by atoms with Gasteiger partial charge in [0.1, 0.15) is 5.75 Å². The standard InChI is InChI=1S/C17H18N8O3/c26-15(11-28-14-5-6-18-13-4-2-1-3-12(13)14)19-20-16-21-23-17(24-22-16)25-7-9-27-10-8-25/h1-6H,7-11H2,(H,19,26)(H,20,21,22). The number of nitrogens with zero attached hydrogens (tertiary/aromatic N) is 6. The first-order chi connectivity index (χ1) is 13.8. The van der Waals surface area contributed by atoms with E-state index in [1.54, 1.807) is 12.3 Å². The fourth-order valence-corrected chi connectivity index (χ4v) is 2.66. The number of carbonyl (C=O) groups excluding carboxylic acids is 1. The van der Waals surface area contributed by atoms with E-state index in [1.165, 1.54) is 0 Å². The summed E-state index contributed by atoms with van der Waals surface area (Å²) in [7, 11) is 0. The van der Waals surface area contributed by atoms with E-state index in [1.807, 2.05) is 29.2 Å². The number of benzene rings is 1. The zero-order valence-electron chi connectivity index (χ0n) is 14.9. The van der Waals surface area contributed by atoms with E-state index in [-0.39, 0.29) is 12.6 Å². The molecule has 2 aromatic heterocycles. The number of hydrazine groups is 1. The van der Waals surface area contributed by atoms with Crippen molar-refractivity contribution < 1.29 is 14.3 Å². The lowest BCUT2D eigenvalue weighted by molar-refractivity contribution is -0.122. The van der Waals surface area contributed by atoms with Crippen molar-refractivity contribution in [1.82, 2.24) is 30.8 Å². The summed E-state index contributed by atoms with van der Waals surface area (Å²) in [6.45, 7) is 2.42. The third kappa shape index (κ3) is 4.20. The van der Waals surface area contributed by atoms with Crippen LogP contribution in [0.15, 0.2) is 36.5 Å². The number of morpholine rings is 1. The molecule has 2 N–H and O–H groups in total. The topological polar surface area (TPSA) is 127 Å². The number of fused-ring (bicyclic) bond motifs is 1. The zero-order chi connectivity index (χ0) is 19.2. The normalized spacial score (nSPS) is 13.9. The maximum absolute atomic E-state index is 12.0. The second kappa shape index (κ2) is 8.39. The Bertz CT molecular complexity index is 941. The van der Waals surface area contributed by atoms with Crippen LogP contribution in [0.5, 0.6) is 5.75 Å². The molecule has 28 heavy (non-hydrogen) atoms. The van der Waals surface area contributed by atoms with Gasteiger partial charge in [0.2, 0.25) is 0 Å². The molecule has 0 saturated carbocycles. The number of nitrogens with one attached hydrogen (secondary N) is 2. The molecule has 144 valence electrons. The molecule has 3 heterocycles. The molecule has 1 aliphatic rings. The lowest BCUT2D eigenvalue weighted by atomic mass is 10.2. The Morgan fingerprint density at radius 2 is 1.89 bits per heavy atom. The van der Waals surface area contributed by atoms with E-state index in [9.17, 15) is 4.79 Å². The predicted molar refractivity (Wildman–Crippen MR) is 99.7 cm³/mol. The highest BCUT2D eigenvalue weighted by Crippen LogP contribution is 2.23. The van der Waals surface area contributed by atoms with Gasteiger partial charge in [0.25, 0.3) is 17.8 Å². The summed E-state index contributed by atoms with van der Waals surface area (Å²) in [5.41, 5.74) is 5.81. The Morgan fingerprint density at radius 3 is 2.71 bits per heavy atom. The van der Waals surface area contributed by atoms with Crippen molar-refractivity contribution in [3.8, 4) is 5.75 Å². The molecule has 0 aliphatic carbocycles. The van der Waals surface area contributed by atoms with Gasteiger partial charge in [-0.2, -0.15) is 0 Å². The average molecular weight is 382 g/mol. The highest BCUT2D eigenvalue weighted by molar-refractivity contribution is 5.85. The van der Waals surface area contributed by atoms with Gasteiger partial charge < -0.3 is 14.4 Å². The largest absolute Gasteiger partial charge is 0.483 e. The Hall–Kier alpha value is -3.60. The first-order valence-electron chi connectivity index (χ1n) is 8.71. The van der Waals surface area contributed by atoms with Gasteiger partial charge in [-0.15, -0.1) is 20.4 Å². The van der Waals surface area contributed by atoms with Crippen LogP contribution < -0.4 is 20.5 Å². The molecule has 0 bridgehead atoms. The maximum atomic E-state index is 12.0. The molecule has 0 unspecified atom stereocenters. The number of rotatable bonds is 6. The molecule has 0 atom stereocenters. The summed E-state index contributed by atoms with van der Waals surface area (Å²) >= 11 is 0. The molecular weight excluding hydrogens is 364 g/mol. The van der Waals surface area contributed by atoms with Crippen molar-refractivity contribution in [2.75, 3.05) is 43.2 Å². The average Bonchev–Trinajstić information content (AvgIpc) is 2.77. The first kappa shape index (κ1) is 17.8. The lowest BCUT2D eigenvalue weighted by Crippen LogP contribution is -2.38. The summed E-state index contributed by atoms with van der Waals surface area (Å²) in [6.07, 6.45) is 1.63. The zero-order valence-corrected chi connectivity index (χ0v) is 14.9. The highest BCUT2D eigenvalue weighted by atomic mass is 16.5. The van der Waals surface area contributed by atoms with Crippen LogP contribution in [-0.4, -0.2) is 64.2 Å². The number of carbonyl (C=O) groups is 1. The number of hydrogen-bond acceptors (Lipinski definition) is 10. The van der Waals surface area contributed by atoms with Crippen molar-refractivity contribution in [2.45, 2.75) is 0 Å². The van der Waals surface area contributed by atoms with Crippen LogP contribution in [0.25, 0.3) is 10.9 Å². The van der Waals surface area contributed by atoms with Crippen LogP contribution in [0.3, 0.4) is 0 Å². The molecule has 4 rings (SSSR count). The molecule has 3 aromatic rings. The van der Waals surface area contributed by atoms with E-state index in [2.05, 4.69) is 36.2 Å². The second-order valence-corrected chi connectivity index (χ2v) is 5.91. The lowest BCUT2D eigenvalue weighted by Gasteiger charge is -2.25. The molecule has 1 fully saturated rings. The summed E-state index contributed by atoms with van der Waals surface area (Å²) in [5, 5.41) is 16.6. The number of anilines is 2. The van der Waals surface area contributed by atoms with Gasteiger partial charge in [0, 0.05) is 24.7 Å². The molecule has 1 saturated heterocycles. The SMILES string of the molecule is O=C(COc1ccnc2ccccc12)NNc1nnc(N2CCOCC2)nn1. The van der Waals surface area contributed by atoms with Crippen LogP contribution in [0.1, 0.15) is 0 Å². The molecule has 0 spiro atoms. The summed E-state index contributed by atoms with van der Waals surface area (Å²) < 4.78 is 10.9. The van der Waals surface area contributed by atoms with Crippen LogP contribution in [0.2, 0.25) is 0 Å². The van der Waals surface area contributed by atoms with E-state index in [0.717, 1.165) is 10.9 Å². The number of ether oxygens (including phenoxy) is 2. The van der Waals surface area contributed by atoms with Gasteiger partial charge in [-0.3, -0.25) is 20.6 Å². The van der Waals surface area contributed by atoms with Crippen LogP contribution in [-0.2, 0) is 9.53 Å². The van der Waals surface area contributed by atoms with E-state index in [0.29, 0.717) is 38.0 Å². The highest BCUT2D eigenvalue weighted by Gasteiger charge is 2.15. The minimum absolute atomic E-state index is 0.0831. The fraction of sp³-hybridized carbons (Fsp3) is 0.294. The van der Waals surface area contributed by atoms with Crippen molar-refractivity contribution in [2.24, 2.45) is 0 Å². The van der Waals surface area contributed by atoms with Gasteiger partial charge in [-0.1, -0.05) is 12.1 Å². The smallest absolute Gasteiger partial charge is 0.280 e. The third-order valence-electron chi connectivity index (χ3n) is 4.04. The molecule has 1 amide bonds. The molecule has 11 heteroatoms. The Kier molecular flexibility index (Phi) is 5.33. The van der Waals surface area contributed by atoms with Gasteiger partial charge in [0.05, 0.1) is 18.7 Å². The van der Waals surface area contributed by atoms with Crippen molar-refractivity contribution in [1.29, 1.82) is 0 Å². The van der Waals surface area contributed by atoms with Gasteiger partial charge >= 0.3 is 0 Å². The van der Waals surface area contributed by atoms with Crippen molar-refractivity contribution in [3.05, 3.63) is 36.5 Å². The third-order valence-corrected chi connectivity index (χ3v) is 4.04. The number of pyridine rings is 1.